The van der Waals surface area contributed by atoms with Crippen LogP contribution in [-0.4, -0.2) is 19.3 Å². The van der Waals surface area contributed by atoms with Gasteiger partial charge >= 0.3 is 0 Å². The van der Waals surface area contributed by atoms with Gasteiger partial charge in [0.15, 0.2) is 11.5 Å². The summed E-state index contributed by atoms with van der Waals surface area (Å²) in [5.41, 5.74) is 8.96. The second-order valence-corrected chi connectivity index (χ2v) is 4.58. The maximum absolute atomic E-state index is 10.5. The Morgan fingerprint density at radius 3 is 2.40 bits per heavy atom. The molecule has 0 fully saturated rings. The third-order valence-corrected chi connectivity index (χ3v) is 3.44. The number of rotatable bonds is 4. The summed E-state index contributed by atoms with van der Waals surface area (Å²) in [7, 11) is 3.15. The number of nitrogen functional groups attached to an aromatic ring is 1. The summed E-state index contributed by atoms with van der Waals surface area (Å²) in [5.74, 6) is 1.22. The molecule has 106 valence electrons. The number of hydrogen-bond acceptors (Lipinski definition) is 4. The van der Waals surface area contributed by atoms with E-state index in [1.807, 2.05) is 31.2 Å². The van der Waals surface area contributed by atoms with E-state index < -0.39 is 6.10 Å². The fraction of sp³-hybridized carbons (Fsp3) is 0.250. The summed E-state index contributed by atoms with van der Waals surface area (Å²) in [5, 5.41) is 10.5. The highest BCUT2D eigenvalue weighted by molar-refractivity contribution is 5.53. The molecule has 0 saturated heterocycles. The lowest BCUT2D eigenvalue weighted by Gasteiger charge is -2.17. The van der Waals surface area contributed by atoms with Crippen molar-refractivity contribution in [3.63, 3.8) is 0 Å². The molecule has 0 aliphatic rings. The molecule has 0 amide bonds. The number of benzene rings is 2. The van der Waals surface area contributed by atoms with Crippen LogP contribution in [0.4, 0.5) is 5.69 Å². The van der Waals surface area contributed by atoms with E-state index in [4.69, 9.17) is 15.2 Å². The average Bonchev–Trinajstić information content (AvgIpc) is 2.48. The van der Waals surface area contributed by atoms with E-state index in [9.17, 15) is 5.11 Å². The quantitative estimate of drug-likeness (QED) is 0.841. The summed E-state index contributed by atoms with van der Waals surface area (Å²) in [4.78, 5) is 0. The maximum atomic E-state index is 10.5. The van der Waals surface area contributed by atoms with Crippen molar-refractivity contribution in [1.82, 2.24) is 0 Å². The number of aliphatic hydroxyl groups is 1. The summed E-state index contributed by atoms with van der Waals surface area (Å²) in [6, 6.07) is 10.9. The maximum Gasteiger partial charge on any atom is 0.161 e. The molecule has 0 aromatic heterocycles. The first-order chi connectivity index (χ1) is 9.58. The van der Waals surface area contributed by atoms with Crippen LogP contribution in [-0.2, 0) is 0 Å². The molecule has 1 atom stereocenters. The van der Waals surface area contributed by atoms with Gasteiger partial charge in [0.25, 0.3) is 0 Å². The predicted octanol–water partition coefficient (Wildman–Crippen LogP) is 2.68. The molecule has 2 aromatic rings. The van der Waals surface area contributed by atoms with Crippen LogP contribution in [0.2, 0.25) is 0 Å². The molecule has 0 bridgehead atoms. The molecule has 0 aliphatic carbocycles. The molecular formula is C16H19NO3. The third kappa shape index (κ3) is 2.56. The lowest BCUT2D eigenvalue weighted by Crippen LogP contribution is -2.04. The van der Waals surface area contributed by atoms with Crippen molar-refractivity contribution in [3.8, 4) is 11.5 Å². The summed E-state index contributed by atoms with van der Waals surface area (Å²) < 4.78 is 10.4. The first kappa shape index (κ1) is 14.2. The van der Waals surface area contributed by atoms with Crippen LogP contribution in [0.3, 0.4) is 0 Å². The number of ether oxygens (including phenoxy) is 2. The van der Waals surface area contributed by atoms with Crippen LogP contribution in [0, 0.1) is 6.92 Å². The molecule has 0 aliphatic heterocycles. The Labute approximate surface area is 118 Å². The van der Waals surface area contributed by atoms with E-state index in [1.54, 1.807) is 26.4 Å². The average molecular weight is 273 g/mol. The van der Waals surface area contributed by atoms with E-state index in [1.165, 1.54) is 0 Å². The van der Waals surface area contributed by atoms with Gasteiger partial charge in [0, 0.05) is 5.69 Å². The second-order valence-electron chi connectivity index (χ2n) is 4.58. The minimum atomic E-state index is -0.752. The monoisotopic (exact) mass is 273 g/mol. The van der Waals surface area contributed by atoms with Crippen LogP contribution >= 0.6 is 0 Å². The molecule has 2 aromatic carbocycles. The second kappa shape index (κ2) is 5.84. The molecule has 4 heteroatoms. The summed E-state index contributed by atoms with van der Waals surface area (Å²) in [6.45, 7) is 1.90. The van der Waals surface area contributed by atoms with Gasteiger partial charge in [-0.05, 0) is 41.8 Å². The Kier molecular flexibility index (Phi) is 4.15. The van der Waals surface area contributed by atoms with E-state index in [0.717, 1.165) is 16.7 Å². The molecule has 0 spiro atoms. The molecule has 3 N–H and O–H groups in total. The van der Waals surface area contributed by atoms with Gasteiger partial charge in [-0.3, -0.25) is 0 Å². The normalized spacial score (nSPS) is 12.0. The Bertz CT molecular complexity index is 611. The molecule has 4 nitrogen and oxygen atoms in total. The highest BCUT2D eigenvalue weighted by atomic mass is 16.5. The van der Waals surface area contributed by atoms with Gasteiger partial charge in [-0.2, -0.15) is 0 Å². The van der Waals surface area contributed by atoms with Crippen molar-refractivity contribution < 1.29 is 14.6 Å². The lowest BCUT2D eigenvalue weighted by molar-refractivity contribution is 0.219. The molecule has 0 unspecified atom stereocenters. The SMILES string of the molecule is COc1ccc([C@@H](O)c2cccc(N)c2C)cc1OC. The number of aliphatic hydroxyl groups excluding tert-OH is 1. The molecule has 0 radical (unpaired) electrons. The van der Waals surface area contributed by atoms with Gasteiger partial charge < -0.3 is 20.3 Å². The van der Waals surface area contributed by atoms with Crippen LogP contribution in [0.25, 0.3) is 0 Å². The Morgan fingerprint density at radius 1 is 1.05 bits per heavy atom. The standard InChI is InChI=1S/C16H19NO3/c1-10-12(5-4-6-13(10)17)16(18)11-7-8-14(19-2)15(9-11)20-3/h4-9,16,18H,17H2,1-3H3/t16-/m1/s1. The highest BCUT2D eigenvalue weighted by Crippen LogP contribution is 2.33. The van der Waals surface area contributed by atoms with Crippen LogP contribution in [0.1, 0.15) is 22.8 Å². The van der Waals surface area contributed by atoms with Crippen molar-refractivity contribution >= 4 is 5.69 Å². The Morgan fingerprint density at radius 2 is 1.75 bits per heavy atom. The largest absolute Gasteiger partial charge is 0.493 e. The van der Waals surface area contributed by atoms with Crippen molar-refractivity contribution in [3.05, 3.63) is 53.1 Å². The van der Waals surface area contributed by atoms with Gasteiger partial charge in [0.1, 0.15) is 6.10 Å². The van der Waals surface area contributed by atoms with Crippen LogP contribution in [0.5, 0.6) is 11.5 Å². The van der Waals surface area contributed by atoms with E-state index in [0.29, 0.717) is 17.2 Å². The number of nitrogens with two attached hydrogens (primary N) is 1. The van der Waals surface area contributed by atoms with E-state index in [2.05, 4.69) is 0 Å². The number of anilines is 1. The zero-order valence-electron chi connectivity index (χ0n) is 11.9. The van der Waals surface area contributed by atoms with Gasteiger partial charge in [-0.1, -0.05) is 18.2 Å². The van der Waals surface area contributed by atoms with Crippen molar-refractivity contribution in [2.24, 2.45) is 0 Å². The molecule has 0 heterocycles. The molecule has 2 rings (SSSR count). The fourth-order valence-corrected chi connectivity index (χ4v) is 2.17. The lowest BCUT2D eigenvalue weighted by atomic mass is 9.96. The Balaban J connectivity index is 2.43. The number of methoxy groups -OCH3 is 2. The van der Waals surface area contributed by atoms with Crippen molar-refractivity contribution in [2.45, 2.75) is 13.0 Å². The predicted molar refractivity (Wildman–Crippen MR) is 79.2 cm³/mol. The summed E-state index contributed by atoms with van der Waals surface area (Å²) in [6.07, 6.45) is -0.752. The van der Waals surface area contributed by atoms with Crippen molar-refractivity contribution in [1.29, 1.82) is 0 Å². The molecule has 20 heavy (non-hydrogen) atoms. The highest BCUT2D eigenvalue weighted by Gasteiger charge is 2.16. The number of hydrogen-bond donors (Lipinski definition) is 2. The van der Waals surface area contributed by atoms with E-state index in [-0.39, 0.29) is 0 Å². The zero-order chi connectivity index (χ0) is 14.7. The smallest absolute Gasteiger partial charge is 0.161 e. The first-order valence-electron chi connectivity index (χ1n) is 6.33. The first-order valence-corrected chi connectivity index (χ1v) is 6.33. The summed E-state index contributed by atoms with van der Waals surface area (Å²) >= 11 is 0. The molecular weight excluding hydrogens is 254 g/mol. The van der Waals surface area contributed by atoms with Crippen LogP contribution in [0.15, 0.2) is 36.4 Å². The van der Waals surface area contributed by atoms with Crippen LogP contribution < -0.4 is 15.2 Å². The minimum Gasteiger partial charge on any atom is -0.493 e. The van der Waals surface area contributed by atoms with Gasteiger partial charge in [-0.25, -0.2) is 0 Å². The minimum absolute atomic E-state index is 0.589. The van der Waals surface area contributed by atoms with Crippen molar-refractivity contribution in [2.75, 3.05) is 20.0 Å². The molecule has 0 saturated carbocycles. The van der Waals surface area contributed by atoms with Gasteiger partial charge in [0.2, 0.25) is 0 Å². The fourth-order valence-electron chi connectivity index (χ4n) is 2.17. The topological polar surface area (TPSA) is 64.7 Å². The van der Waals surface area contributed by atoms with E-state index >= 15 is 0 Å². The van der Waals surface area contributed by atoms with Gasteiger partial charge in [-0.15, -0.1) is 0 Å². The van der Waals surface area contributed by atoms with Gasteiger partial charge in [0.05, 0.1) is 14.2 Å². The third-order valence-electron chi connectivity index (χ3n) is 3.44. The zero-order valence-corrected chi connectivity index (χ0v) is 11.9. The Hall–Kier alpha value is -2.20.